The lowest BCUT2D eigenvalue weighted by Gasteiger charge is -2.13. The van der Waals surface area contributed by atoms with Gasteiger partial charge in [-0.25, -0.2) is 9.07 Å². The van der Waals surface area contributed by atoms with Crippen LogP contribution in [0.4, 0.5) is 4.39 Å². The molecule has 39 heavy (non-hydrogen) atoms. The Balaban J connectivity index is 1.41. The predicted octanol–water partition coefficient (Wildman–Crippen LogP) is 6.50. The van der Waals surface area contributed by atoms with Gasteiger partial charge in [0, 0.05) is 37.6 Å². The fraction of sp³-hybridized carbons (Fsp3) is 0.167. The molecule has 1 amide bonds. The number of hydrogen-bond acceptors (Lipinski definition) is 6. The summed E-state index contributed by atoms with van der Waals surface area (Å²) in [5, 5.41) is 4.86. The number of ether oxygens (including phenoxy) is 2. The monoisotopic (exact) mass is 559 g/mol. The summed E-state index contributed by atoms with van der Waals surface area (Å²) in [6.45, 7) is 1.42. The van der Waals surface area contributed by atoms with E-state index in [2.05, 4.69) is 0 Å². The van der Waals surface area contributed by atoms with Gasteiger partial charge >= 0.3 is 0 Å². The quantitative estimate of drug-likeness (QED) is 0.126. The van der Waals surface area contributed by atoms with Crippen LogP contribution in [0.3, 0.4) is 0 Å². The van der Waals surface area contributed by atoms with Gasteiger partial charge in [0.05, 0.1) is 16.3 Å². The lowest BCUT2D eigenvalue weighted by Crippen LogP contribution is -2.29. The van der Waals surface area contributed by atoms with Crippen molar-refractivity contribution in [2.24, 2.45) is 0 Å². The average Bonchev–Trinajstić information content (AvgIpc) is 3.50. The maximum Gasteiger partial charge on any atom is 0.266 e. The van der Waals surface area contributed by atoms with Gasteiger partial charge in [-0.15, -0.1) is 0 Å². The van der Waals surface area contributed by atoms with Crippen LogP contribution in [-0.2, 0) is 16.1 Å². The number of carbonyl (C=O) groups excluding carboxylic acids is 1. The van der Waals surface area contributed by atoms with Crippen molar-refractivity contribution >= 4 is 40.3 Å². The zero-order valence-corrected chi connectivity index (χ0v) is 22.9. The number of nitrogens with zero attached hydrogens (tertiary/aromatic N) is 3. The third kappa shape index (κ3) is 6.44. The number of para-hydroxylation sites is 1. The van der Waals surface area contributed by atoms with Crippen molar-refractivity contribution in [3.8, 4) is 22.7 Å². The molecule has 6 nitrogen and oxygen atoms in total. The summed E-state index contributed by atoms with van der Waals surface area (Å²) < 4.78 is 26.5. The molecule has 0 atom stereocenters. The van der Waals surface area contributed by atoms with Gasteiger partial charge in [0.1, 0.15) is 22.5 Å². The van der Waals surface area contributed by atoms with Crippen molar-refractivity contribution in [1.29, 1.82) is 0 Å². The van der Waals surface area contributed by atoms with Crippen LogP contribution in [-0.4, -0.2) is 45.2 Å². The third-order valence-corrected chi connectivity index (χ3v) is 7.48. The highest BCUT2D eigenvalue weighted by Crippen LogP contribution is 2.35. The van der Waals surface area contributed by atoms with E-state index in [1.54, 1.807) is 28.8 Å². The Morgan fingerprint density at radius 3 is 2.49 bits per heavy atom. The minimum Gasteiger partial charge on any atom is -0.489 e. The molecule has 0 aliphatic carbocycles. The molecule has 1 aliphatic rings. The molecule has 0 bridgehead atoms. The molecule has 0 saturated carbocycles. The highest BCUT2D eigenvalue weighted by molar-refractivity contribution is 8.26. The molecular formula is C30H26FN3O3S2. The van der Waals surface area contributed by atoms with Crippen molar-refractivity contribution in [3.05, 3.63) is 107 Å². The Morgan fingerprint density at radius 2 is 1.77 bits per heavy atom. The van der Waals surface area contributed by atoms with E-state index in [-0.39, 0.29) is 11.7 Å². The van der Waals surface area contributed by atoms with E-state index in [9.17, 15) is 9.18 Å². The summed E-state index contributed by atoms with van der Waals surface area (Å²) in [6, 6.07) is 23.7. The first-order valence-electron chi connectivity index (χ1n) is 12.4. The predicted molar refractivity (Wildman–Crippen MR) is 156 cm³/mol. The van der Waals surface area contributed by atoms with Crippen LogP contribution in [0.2, 0.25) is 0 Å². The minimum absolute atomic E-state index is 0.107. The summed E-state index contributed by atoms with van der Waals surface area (Å²) in [5.41, 5.74) is 4.19. The summed E-state index contributed by atoms with van der Waals surface area (Å²) in [4.78, 5) is 15.3. The summed E-state index contributed by atoms with van der Waals surface area (Å²) in [7, 11) is 1.64. The van der Waals surface area contributed by atoms with Gasteiger partial charge in [0.2, 0.25) is 0 Å². The first-order valence-corrected chi connectivity index (χ1v) is 13.6. The average molecular weight is 560 g/mol. The number of benzene rings is 3. The molecule has 3 aromatic carbocycles. The number of methoxy groups -OCH3 is 1. The molecule has 2 heterocycles. The molecule has 4 aromatic rings. The van der Waals surface area contributed by atoms with Gasteiger partial charge in [0.25, 0.3) is 5.91 Å². The van der Waals surface area contributed by atoms with Crippen molar-refractivity contribution < 1.29 is 18.7 Å². The Labute approximate surface area is 236 Å². The van der Waals surface area contributed by atoms with E-state index in [4.69, 9.17) is 26.8 Å². The SMILES string of the molecule is COCCCN1C(=O)/C(=C/c2cn(-c3ccccc3)nc2-c2ccc(OCc3ccc(F)cc3)cc2)SC1=S. The number of carbonyl (C=O) groups is 1. The Morgan fingerprint density at radius 1 is 1.03 bits per heavy atom. The fourth-order valence-electron chi connectivity index (χ4n) is 4.09. The Bertz CT molecular complexity index is 1490. The lowest BCUT2D eigenvalue weighted by atomic mass is 10.1. The molecule has 5 rings (SSSR count). The second-order valence-electron chi connectivity index (χ2n) is 8.83. The second kappa shape index (κ2) is 12.4. The number of rotatable bonds is 10. The van der Waals surface area contributed by atoms with E-state index in [1.807, 2.05) is 66.9 Å². The molecule has 9 heteroatoms. The molecule has 1 saturated heterocycles. The summed E-state index contributed by atoms with van der Waals surface area (Å²) >= 11 is 6.78. The van der Waals surface area contributed by atoms with Crippen molar-refractivity contribution in [2.75, 3.05) is 20.3 Å². The molecule has 1 fully saturated rings. The first-order chi connectivity index (χ1) is 19.0. The lowest BCUT2D eigenvalue weighted by molar-refractivity contribution is -0.122. The molecular weight excluding hydrogens is 533 g/mol. The number of hydrogen-bond donors (Lipinski definition) is 0. The molecule has 0 spiro atoms. The van der Waals surface area contributed by atoms with Crippen LogP contribution in [0.5, 0.6) is 5.75 Å². The van der Waals surface area contributed by atoms with Crippen molar-refractivity contribution in [1.82, 2.24) is 14.7 Å². The summed E-state index contributed by atoms with van der Waals surface area (Å²) in [6.07, 6.45) is 4.49. The van der Waals surface area contributed by atoms with Gasteiger partial charge in [-0.3, -0.25) is 9.69 Å². The zero-order chi connectivity index (χ0) is 27.2. The van der Waals surface area contributed by atoms with Crippen LogP contribution in [0, 0.1) is 5.82 Å². The van der Waals surface area contributed by atoms with Gasteiger partial charge in [-0.05, 0) is 66.6 Å². The number of halogens is 1. The van der Waals surface area contributed by atoms with E-state index >= 15 is 0 Å². The molecule has 198 valence electrons. The van der Waals surface area contributed by atoms with Crippen LogP contribution >= 0.6 is 24.0 Å². The number of thiocarbonyl (C=S) groups is 1. The molecule has 0 unspecified atom stereocenters. The van der Waals surface area contributed by atoms with E-state index in [0.29, 0.717) is 41.2 Å². The number of amides is 1. The van der Waals surface area contributed by atoms with Crippen molar-refractivity contribution in [3.63, 3.8) is 0 Å². The smallest absolute Gasteiger partial charge is 0.266 e. The number of thioether (sulfide) groups is 1. The molecule has 0 N–H and O–H groups in total. The largest absolute Gasteiger partial charge is 0.489 e. The highest BCUT2D eigenvalue weighted by Gasteiger charge is 2.32. The van der Waals surface area contributed by atoms with E-state index < -0.39 is 0 Å². The van der Waals surface area contributed by atoms with Gasteiger partial charge < -0.3 is 9.47 Å². The maximum atomic E-state index is 13.2. The van der Waals surface area contributed by atoms with Crippen molar-refractivity contribution in [2.45, 2.75) is 13.0 Å². The highest BCUT2D eigenvalue weighted by atomic mass is 32.2. The minimum atomic E-state index is -0.276. The van der Waals surface area contributed by atoms with Gasteiger partial charge in [0.15, 0.2) is 0 Å². The van der Waals surface area contributed by atoms with Crippen LogP contribution < -0.4 is 4.74 Å². The summed E-state index contributed by atoms with van der Waals surface area (Å²) in [5.74, 6) is 0.301. The van der Waals surface area contributed by atoms with Gasteiger partial charge in [-0.1, -0.05) is 54.3 Å². The number of aromatic nitrogens is 2. The van der Waals surface area contributed by atoms with Crippen LogP contribution in [0.25, 0.3) is 23.0 Å². The standard InChI is InChI=1S/C30H26FN3O3S2/c1-36-17-5-16-33-29(35)27(39-30(33)38)18-23-19-34(25-6-3-2-4-7-25)32-28(23)22-10-14-26(15-11-22)37-20-21-8-12-24(31)13-9-21/h2-4,6-15,18-19H,5,16-17,20H2,1H3/b27-18-. The van der Waals surface area contributed by atoms with E-state index in [1.165, 1.54) is 23.9 Å². The zero-order valence-electron chi connectivity index (χ0n) is 21.2. The fourth-order valence-corrected chi connectivity index (χ4v) is 5.39. The molecule has 1 aromatic heterocycles. The third-order valence-electron chi connectivity index (χ3n) is 6.10. The molecule has 0 radical (unpaired) electrons. The topological polar surface area (TPSA) is 56.6 Å². The molecule has 1 aliphatic heterocycles. The Hall–Kier alpha value is -3.79. The normalized spacial score (nSPS) is 14.4. The van der Waals surface area contributed by atoms with E-state index in [0.717, 1.165) is 28.1 Å². The van der Waals surface area contributed by atoms with Crippen LogP contribution in [0.1, 0.15) is 17.5 Å². The van der Waals surface area contributed by atoms with Gasteiger partial charge in [-0.2, -0.15) is 5.10 Å². The Kier molecular flexibility index (Phi) is 8.51. The second-order valence-corrected chi connectivity index (χ2v) is 10.5. The first kappa shape index (κ1) is 26.8. The van der Waals surface area contributed by atoms with Crippen LogP contribution in [0.15, 0.2) is 90.0 Å². The maximum absolute atomic E-state index is 13.2.